The van der Waals surface area contributed by atoms with Gasteiger partial charge in [0.05, 0.1) is 21.1 Å². The fourth-order valence-corrected chi connectivity index (χ4v) is 1.13. The zero-order valence-corrected chi connectivity index (χ0v) is 8.94. The number of aliphatic hydroxyl groups is 1. The first kappa shape index (κ1) is 13.8. The number of likely N-dealkylation sites (N-methyl/N-ethyl adjacent to an activating group) is 1. The molecule has 2 nitrogen and oxygen atoms in total. The molecule has 0 aliphatic carbocycles. The molecule has 0 heterocycles. The second-order valence-corrected chi connectivity index (χ2v) is 4.30. The zero-order chi connectivity index (χ0) is 8.41. The molecule has 0 fully saturated rings. The van der Waals surface area contributed by atoms with Crippen LogP contribution in [0.4, 0.5) is 0 Å². The van der Waals surface area contributed by atoms with Gasteiger partial charge in [-0.05, 0) is 13.3 Å². The molecule has 11 heavy (non-hydrogen) atoms. The molecule has 0 aromatic carbocycles. The highest BCUT2D eigenvalue weighted by atomic mass is 35.5. The summed E-state index contributed by atoms with van der Waals surface area (Å²) >= 11 is 0. The van der Waals surface area contributed by atoms with E-state index in [1.165, 1.54) is 0 Å². The number of halogens is 1. The van der Waals surface area contributed by atoms with Crippen LogP contribution < -0.4 is 12.4 Å². The van der Waals surface area contributed by atoms with Crippen LogP contribution >= 0.6 is 0 Å². The maximum Gasteiger partial charge on any atom is 0.110 e. The van der Waals surface area contributed by atoms with Crippen LogP contribution in [0.3, 0.4) is 0 Å². The van der Waals surface area contributed by atoms with E-state index in [0.717, 1.165) is 17.4 Å². The summed E-state index contributed by atoms with van der Waals surface area (Å²) < 4.78 is 0.820. The Morgan fingerprint density at radius 1 is 1.27 bits per heavy atom. The van der Waals surface area contributed by atoms with Crippen molar-refractivity contribution >= 4 is 0 Å². The van der Waals surface area contributed by atoms with Crippen LogP contribution in [0.2, 0.25) is 0 Å². The van der Waals surface area contributed by atoms with Crippen molar-refractivity contribution in [1.82, 2.24) is 0 Å². The van der Waals surface area contributed by atoms with Crippen molar-refractivity contribution in [3.63, 3.8) is 0 Å². The van der Waals surface area contributed by atoms with Crippen molar-refractivity contribution < 1.29 is 22.0 Å². The van der Waals surface area contributed by atoms with Crippen molar-refractivity contribution in [3.05, 3.63) is 0 Å². The number of quaternary nitrogens is 1. The Balaban J connectivity index is 0. The van der Waals surface area contributed by atoms with E-state index < -0.39 is 5.60 Å². The number of rotatable bonds is 3. The van der Waals surface area contributed by atoms with Crippen LogP contribution in [-0.2, 0) is 0 Å². The van der Waals surface area contributed by atoms with E-state index in [4.69, 9.17) is 0 Å². The van der Waals surface area contributed by atoms with Crippen LogP contribution in [-0.4, -0.2) is 42.9 Å². The lowest BCUT2D eigenvalue weighted by atomic mass is 10.0. The fourth-order valence-electron chi connectivity index (χ4n) is 1.13. The van der Waals surface area contributed by atoms with E-state index >= 15 is 0 Å². The minimum atomic E-state index is -0.502. The lowest BCUT2D eigenvalue weighted by Crippen LogP contribution is -3.00. The Labute approximate surface area is 76.2 Å². The summed E-state index contributed by atoms with van der Waals surface area (Å²) in [6.45, 7) is 4.70. The molecule has 0 amide bonds. The highest BCUT2D eigenvalue weighted by molar-refractivity contribution is 4.68. The van der Waals surface area contributed by atoms with Gasteiger partial charge in [-0.1, -0.05) is 6.92 Å². The van der Waals surface area contributed by atoms with Crippen LogP contribution in [0.1, 0.15) is 20.3 Å². The third kappa shape index (κ3) is 8.11. The van der Waals surface area contributed by atoms with Crippen LogP contribution in [0.5, 0.6) is 0 Å². The predicted octanol–water partition coefficient (Wildman–Crippen LogP) is -2.14. The molecule has 0 rings (SSSR count). The van der Waals surface area contributed by atoms with Gasteiger partial charge in [0.15, 0.2) is 0 Å². The molecule has 1 atom stereocenters. The van der Waals surface area contributed by atoms with Crippen molar-refractivity contribution in [1.29, 1.82) is 0 Å². The van der Waals surface area contributed by atoms with Crippen molar-refractivity contribution in [2.75, 3.05) is 27.7 Å². The summed E-state index contributed by atoms with van der Waals surface area (Å²) in [5, 5.41) is 9.64. The first-order valence-electron chi connectivity index (χ1n) is 3.80. The molecule has 0 saturated carbocycles. The molecule has 1 unspecified atom stereocenters. The molecule has 0 saturated heterocycles. The quantitative estimate of drug-likeness (QED) is 0.493. The van der Waals surface area contributed by atoms with Crippen LogP contribution in [0.25, 0.3) is 0 Å². The Morgan fingerprint density at radius 3 is 1.73 bits per heavy atom. The summed E-state index contributed by atoms with van der Waals surface area (Å²) in [6, 6.07) is 0. The zero-order valence-electron chi connectivity index (χ0n) is 8.19. The number of hydrogen-bond donors (Lipinski definition) is 1. The topological polar surface area (TPSA) is 20.2 Å². The third-order valence-electron chi connectivity index (χ3n) is 1.58. The van der Waals surface area contributed by atoms with Gasteiger partial charge in [0.1, 0.15) is 12.1 Å². The molecule has 0 radical (unpaired) electrons. The van der Waals surface area contributed by atoms with Gasteiger partial charge in [-0.15, -0.1) is 0 Å². The molecular formula is C8H20ClNO. The smallest absolute Gasteiger partial charge is 0.110 e. The summed E-state index contributed by atoms with van der Waals surface area (Å²) in [7, 11) is 6.26. The highest BCUT2D eigenvalue weighted by Crippen LogP contribution is 2.11. The summed E-state index contributed by atoms with van der Waals surface area (Å²) in [6.07, 6.45) is 0.822. The van der Waals surface area contributed by atoms with E-state index in [0.29, 0.717) is 0 Å². The molecular weight excluding hydrogens is 162 g/mol. The predicted molar refractivity (Wildman–Crippen MR) is 43.8 cm³/mol. The molecule has 0 aliphatic rings. The number of nitrogens with zero attached hydrogens (tertiary/aromatic N) is 1. The lowest BCUT2D eigenvalue weighted by molar-refractivity contribution is -0.876. The SMILES string of the molecule is CCC(C)(O)C[N+](C)(C)C.[Cl-]. The highest BCUT2D eigenvalue weighted by Gasteiger charge is 2.25. The van der Waals surface area contributed by atoms with Gasteiger partial charge < -0.3 is 22.0 Å². The molecule has 3 heteroatoms. The third-order valence-corrected chi connectivity index (χ3v) is 1.58. The van der Waals surface area contributed by atoms with Crippen LogP contribution in [0.15, 0.2) is 0 Å². The molecule has 1 N–H and O–H groups in total. The second kappa shape index (κ2) is 4.29. The summed E-state index contributed by atoms with van der Waals surface area (Å²) in [4.78, 5) is 0. The van der Waals surface area contributed by atoms with Crippen molar-refractivity contribution in [2.45, 2.75) is 25.9 Å². The Morgan fingerprint density at radius 2 is 1.64 bits per heavy atom. The van der Waals surface area contributed by atoms with Gasteiger partial charge in [-0.2, -0.15) is 0 Å². The van der Waals surface area contributed by atoms with Gasteiger partial charge >= 0.3 is 0 Å². The van der Waals surface area contributed by atoms with Gasteiger partial charge in [-0.25, -0.2) is 0 Å². The summed E-state index contributed by atoms with van der Waals surface area (Å²) in [5.41, 5.74) is -0.502. The van der Waals surface area contributed by atoms with Crippen molar-refractivity contribution in [2.24, 2.45) is 0 Å². The van der Waals surface area contributed by atoms with Crippen molar-refractivity contribution in [3.8, 4) is 0 Å². The average molecular weight is 182 g/mol. The maximum absolute atomic E-state index is 9.64. The Hall–Kier alpha value is 0.210. The summed E-state index contributed by atoms with van der Waals surface area (Å²) in [5.74, 6) is 0. The lowest BCUT2D eigenvalue weighted by Gasteiger charge is -2.32. The van der Waals surface area contributed by atoms with E-state index in [9.17, 15) is 5.11 Å². The Kier molecular flexibility index (Phi) is 5.37. The molecule has 0 aromatic rings. The molecule has 0 aromatic heterocycles. The monoisotopic (exact) mass is 181 g/mol. The fraction of sp³-hybridized carbons (Fsp3) is 1.00. The standard InChI is InChI=1S/C8H20NO.ClH/c1-6-8(2,10)7-9(3,4)5;/h10H,6-7H2,1-5H3;1H/q+1;/p-1. The van der Waals surface area contributed by atoms with Gasteiger partial charge in [0.2, 0.25) is 0 Å². The van der Waals surface area contributed by atoms with E-state index in [-0.39, 0.29) is 12.4 Å². The largest absolute Gasteiger partial charge is 1.00 e. The van der Waals surface area contributed by atoms with Gasteiger partial charge in [0.25, 0.3) is 0 Å². The Bertz CT molecular complexity index is 107. The molecule has 0 bridgehead atoms. The average Bonchev–Trinajstić information content (AvgIpc) is 1.60. The van der Waals surface area contributed by atoms with E-state index in [1.54, 1.807) is 0 Å². The van der Waals surface area contributed by atoms with E-state index in [1.807, 2.05) is 13.8 Å². The normalized spacial score (nSPS) is 16.9. The van der Waals surface area contributed by atoms with Gasteiger partial charge in [-0.3, -0.25) is 0 Å². The first-order valence-corrected chi connectivity index (χ1v) is 3.80. The van der Waals surface area contributed by atoms with Crippen LogP contribution in [0, 0.1) is 0 Å². The van der Waals surface area contributed by atoms with Gasteiger partial charge in [0, 0.05) is 0 Å². The van der Waals surface area contributed by atoms with E-state index in [2.05, 4.69) is 21.1 Å². The molecule has 0 aliphatic heterocycles. The minimum absolute atomic E-state index is 0. The first-order chi connectivity index (χ1) is 4.27. The molecule has 70 valence electrons. The maximum atomic E-state index is 9.64. The second-order valence-electron chi connectivity index (χ2n) is 4.30. The minimum Gasteiger partial charge on any atom is -1.00 e. The number of hydrogen-bond acceptors (Lipinski definition) is 1. The molecule has 0 spiro atoms.